The summed E-state index contributed by atoms with van der Waals surface area (Å²) in [6, 6.07) is 3.51. The van der Waals surface area contributed by atoms with Crippen LogP contribution in [0.5, 0.6) is 17.2 Å². The monoisotopic (exact) mass is 294 g/mol. The van der Waals surface area contributed by atoms with E-state index in [0.717, 1.165) is 5.56 Å². The standard InChI is InChI=1S/C14H18N2O5/c15-7-10-5-12-13(21-9-20-12)6-11(10)19-8-14(17)16-1-3-18-4-2-16/h5-6H,1-4,7-9,15H2. The Morgan fingerprint density at radius 2 is 1.95 bits per heavy atom. The Morgan fingerprint density at radius 1 is 1.24 bits per heavy atom. The van der Waals surface area contributed by atoms with Crippen molar-refractivity contribution in [1.29, 1.82) is 0 Å². The van der Waals surface area contributed by atoms with Crippen LogP contribution in [0.15, 0.2) is 12.1 Å². The molecule has 3 rings (SSSR count). The van der Waals surface area contributed by atoms with E-state index in [9.17, 15) is 4.79 Å². The van der Waals surface area contributed by atoms with E-state index in [1.807, 2.05) is 0 Å². The smallest absolute Gasteiger partial charge is 0.260 e. The minimum atomic E-state index is -0.0565. The summed E-state index contributed by atoms with van der Waals surface area (Å²) in [6.07, 6.45) is 0. The van der Waals surface area contributed by atoms with E-state index in [2.05, 4.69) is 0 Å². The van der Waals surface area contributed by atoms with Gasteiger partial charge in [-0.25, -0.2) is 0 Å². The molecule has 2 heterocycles. The van der Waals surface area contributed by atoms with Gasteiger partial charge in [0.2, 0.25) is 6.79 Å². The van der Waals surface area contributed by atoms with E-state index in [-0.39, 0.29) is 19.3 Å². The Bertz CT molecular complexity index is 528. The zero-order valence-electron chi connectivity index (χ0n) is 11.7. The van der Waals surface area contributed by atoms with Crippen molar-refractivity contribution >= 4 is 5.91 Å². The largest absolute Gasteiger partial charge is 0.483 e. The molecule has 0 unspecified atom stereocenters. The molecule has 1 saturated heterocycles. The van der Waals surface area contributed by atoms with Crippen molar-refractivity contribution in [2.75, 3.05) is 39.7 Å². The lowest BCUT2D eigenvalue weighted by Crippen LogP contribution is -2.43. The zero-order valence-corrected chi connectivity index (χ0v) is 11.7. The maximum atomic E-state index is 12.1. The highest BCUT2D eigenvalue weighted by molar-refractivity contribution is 5.78. The summed E-state index contributed by atoms with van der Waals surface area (Å²) < 4.78 is 21.4. The van der Waals surface area contributed by atoms with Gasteiger partial charge >= 0.3 is 0 Å². The summed E-state index contributed by atoms with van der Waals surface area (Å²) in [5.41, 5.74) is 6.49. The van der Waals surface area contributed by atoms with Crippen molar-refractivity contribution < 1.29 is 23.7 Å². The quantitative estimate of drug-likeness (QED) is 0.848. The van der Waals surface area contributed by atoms with Crippen LogP contribution in [0, 0.1) is 0 Å². The highest BCUT2D eigenvalue weighted by Crippen LogP contribution is 2.38. The summed E-state index contributed by atoms with van der Waals surface area (Å²) in [6.45, 7) is 2.83. The van der Waals surface area contributed by atoms with Crippen LogP contribution in [-0.4, -0.2) is 50.5 Å². The van der Waals surface area contributed by atoms with Gasteiger partial charge in [0.25, 0.3) is 5.91 Å². The van der Waals surface area contributed by atoms with Gasteiger partial charge in [0, 0.05) is 31.3 Å². The molecule has 7 heteroatoms. The molecule has 21 heavy (non-hydrogen) atoms. The topological polar surface area (TPSA) is 83.3 Å². The number of hydrogen-bond donors (Lipinski definition) is 1. The van der Waals surface area contributed by atoms with Crippen LogP contribution in [0.25, 0.3) is 0 Å². The van der Waals surface area contributed by atoms with Crippen molar-refractivity contribution in [2.45, 2.75) is 6.54 Å². The third-order valence-corrected chi connectivity index (χ3v) is 3.49. The normalized spacial score (nSPS) is 16.9. The summed E-state index contributed by atoms with van der Waals surface area (Å²) in [4.78, 5) is 13.8. The van der Waals surface area contributed by atoms with E-state index in [0.29, 0.717) is 50.1 Å². The fourth-order valence-electron chi connectivity index (χ4n) is 2.30. The van der Waals surface area contributed by atoms with Crippen LogP contribution in [0.3, 0.4) is 0 Å². The molecule has 1 fully saturated rings. The molecule has 2 aliphatic heterocycles. The molecule has 0 radical (unpaired) electrons. The predicted molar refractivity (Wildman–Crippen MR) is 73.4 cm³/mol. The van der Waals surface area contributed by atoms with Gasteiger partial charge in [-0.15, -0.1) is 0 Å². The van der Waals surface area contributed by atoms with E-state index < -0.39 is 0 Å². The lowest BCUT2D eigenvalue weighted by molar-refractivity contribution is -0.137. The number of rotatable bonds is 4. The fourth-order valence-corrected chi connectivity index (χ4v) is 2.30. The molecule has 0 saturated carbocycles. The van der Waals surface area contributed by atoms with Crippen LogP contribution in [0.2, 0.25) is 0 Å². The number of ether oxygens (including phenoxy) is 4. The molecule has 0 aliphatic carbocycles. The Kier molecular flexibility index (Phi) is 4.12. The lowest BCUT2D eigenvalue weighted by atomic mass is 10.2. The van der Waals surface area contributed by atoms with Gasteiger partial charge < -0.3 is 29.6 Å². The fraction of sp³-hybridized carbons (Fsp3) is 0.500. The number of hydrogen-bond acceptors (Lipinski definition) is 6. The van der Waals surface area contributed by atoms with Crippen LogP contribution >= 0.6 is 0 Å². The van der Waals surface area contributed by atoms with Crippen LogP contribution in [0.4, 0.5) is 0 Å². The molecule has 0 bridgehead atoms. The first-order valence-corrected chi connectivity index (χ1v) is 6.89. The van der Waals surface area contributed by atoms with Gasteiger partial charge in [-0.3, -0.25) is 4.79 Å². The molecular weight excluding hydrogens is 276 g/mol. The van der Waals surface area contributed by atoms with Crippen molar-refractivity contribution in [3.8, 4) is 17.2 Å². The van der Waals surface area contributed by atoms with Gasteiger partial charge in [-0.2, -0.15) is 0 Å². The molecule has 2 N–H and O–H groups in total. The minimum Gasteiger partial charge on any atom is -0.483 e. The first-order chi connectivity index (χ1) is 10.3. The molecule has 1 aromatic carbocycles. The van der Waals surface area contributed by atoms with Crippen LogP contribution in [0.1, 0.15) is 5.56 Å². The second-order valence-electron chi connectivity index (χ2n) is 4.80. The number of nitrogens with zero attached hydrogens (tertiary/aromatic N) is 1. The lowest BCUT2D eigenvalue weighted by Gasteiger charge is -2.26. The number of benzene rings is 1. The van der Waals surface area contributed by atoms with Crippen molar-refractivity contribution in [3.63, 3.8) is 0 Å². The molecule has 0 spiro atoms. The third-order valence-electron chi connectivity index (χ3n) is 3.49. The second kappa shape index (κ2) is 6.19. The maximum absolute atomic E-state index is 12.1. The average Bonchev–Trinajstić information content (AvgIpc) is 2.99. The Hall–Kier alpha value is -1.99. The summed E-state index contributed by atoms with van der Waals surface area (Å²) in [5.74, 6) is 1.77. The molecule has 7 nitrogen and oxygen atoms in total. The first-order valence-electron chi connectivity index (χ1n) is 6.89. The Morgan fingerprint density at radius 3 is 2.67 bits per heavy atom. The highest BCUT2D eigenvalue weighted by atomic mass is 16.7. The van der Waals surface area contributed by atoms with Gasteiger partial charge in [0.15, 0.2) is 18.1 Å². The predicted octanol–water partition coefficient (Wildman–Crippen LogP) is 0.112. The summed E-state index contributed by atoms with van der Waals surface area (Å²) in [5, 5.41) is 0. The summed E-state index contributed by atoms with van der Waals surface area (Å²) >= 11 is 0. The van der Waals surface area contributed by atoms with Gasteiger partial charge in [-0.1, -0.05) is 0 Å². The molecular formula is C14H18N2O5. The minimum absolute atomic E-state index is 0.0212. The number of morpholine rings is 1. The summed E-state index contributed by atoms with van der Waals surface area (Å²) in [7, 11) is 0. The van der Waals surface area contributed by atoms with Crippen molar-refractivity contribution in [3.05, 3.63) is 17.7 Å². The van der Waals surface area contributed by atoms with Crippen LogP contribution < -0.4 is 19.9 Å². The Balaban J connectivity index is 1.65. The van der Waals surface area contributed by atoms with E-state index in [4.69, 9.17) is 24.7 Å². The number of amides is 1. The number of fused-ring (bicyclic) bond motifs is 1. The van der Waals surface area contributed by atoms with Crippen LogP contribution in [-0.2, 0) is 16.1 Å². The molecule has 2 aliphatic rings. The van der Waals surface area contributed by atoms with Crippen molar-refractivity contribution in [2.24, 2.45) is 5.73 Å². The first kappa shape index (κ1) is 14.0. The number of carbonyl (C=O) groups is 1. The highest BCUT2D eigenvalue weighted by Gasteiger charge is 2.20. The van der Waals surface area contributed by atoms with E-state index in [1.165, 1.54) is 0 Å². The third kappa shape index (κ3) is 3.03. The molecule has 1 amide bonds. The van der Waals surface area contributed by atoms with E-state index in [1.54, 1.807) is 17.0 Å². The maximum Gasteiger partial charge on any atom is 0.260 e. The molecule has 0 aromatic heterocycles. The van der Waals surface area contributed by atoms with Gasteiger partial charge in [0.1, 0.15) is 5.75 Å². The molecule has 0 atom stereocenters. The number of nitrogens with two attached hydrogens (primary N) is 1. The molecule has 1 aromatic rings. The number of carbonyl (C=O) groups excluding carboxylic acids is 1. The van der Waals surface area contributed by atoms with Gasteiger partial charge in [-0.05, 0) is 6.07 Å². The average molecular weight is 294 g/mol. The van der Waals surface area contributed by atoms with Crippen molar-refractivity contribution in [1.82, 2.24) is 4.90 Å². The molecule has 114 valence electrons. The van der Waals surface area contributed by atoms with E-state index >= 15 is 0 Å². The SMILES string of the molecule is NCc1cc2c(cc1OCC(=O)N1CCOCC1)OCO2. The Labute approximate surface area is 122 Å². The second-order valence-corrected chi connectivity index (χ2v) is 4.80. The zero-order chi connectivity index (χ0) is 14.7. The van der Waals surface area contributed by atoms with Gasteiger partial charge in [0.05, 0.1) is 13.2 Å².